The smallest absolute Gasteiger partial charge is 0.163 e. The Morgan fingerprint density at radius 2 is 2.27 bits per heavy atom. The summed E-state index contributed by atoms with van der Waals surface area (Å²) in [5, 5.41) is 3.56. The Morgan fingerprint density at radius 3 is 2.82 bits per heavy atom. The summed E-state index contributed by atoms with van der Waals surface area (Å²) in [6.45, 7) is 0. The van der Waals surface area contributed by atoms with Crippen LogP contribution in [-0.2, 0) is 0 Å². The first kappa shape index (κ1) is 9.51. The molecule has 3 N–H and O–H groups in total. The van der Waals surface area contributed by atoms with Crippen LogP contribution in [0.3, 0.4) is 0 Å². The first-order valence-electron chi connectivity index (χ1n) is 3.88. The second kappa shape index (κ2) is 4.45. The van der Waals surface area contributed by atoms with Crippen molar-refractivity contribution in [1.29, 1.82) is 0 Å². The second-order valence-corrected chi connectivity index (χ2v) is 5.17. The molecule has 0 radical (unpaired) electrons. The lowest BCUT2D eigenvalue weighted by Gasteiger charge is -2.26. The van der Waals surface area contributed by atoms with Crippen LogP contribution >= 0.6 is 34.8 Å². The predicted octanol–water partition coefficient (Wildman–Crippen LogP) is 1.57. The van der Waals surface area contributed by atoms with Crippen molar-refractivity contribution in [3.05, 3.63) is 0 Å². The van der Waals surface area contributed by atoms with Gasteiger partial charge in [0.25, 0.3) is 0 Å². The Morgan fingerprint density at radius 1 is 1.55 bits per heavy atom. The van der Waals surface area contributed by atoms with Crippen molar-refractivity contribution in [2.24, 2.45) is 5.73 Å². The van der Waals surface area contributed by atoms with Gasteiger partial charge >= 0.3 is 0 Å². The second-order valence-electron chi connectivity index (χ2n) is 2.97. The highest BCUT2D eigenvalue weighted by Gasteiger charge is 2.19. The zero-order chi connectivity index (χ0) is 8.27. The van der Waals surface area contributed by atoms with Crippen LogP contribution in [0.2, 0.25) is 0 Å². The number of nitrogens with one attached hydrogen (secondary N) is 1. The molecule has 2 atom stereocenters. The van der Waals surface area contributed by atoms with Crippen molar-refractivity contribution < 1.29 is 0 Å². The van der Waals surface area contributed by atoms with Gasteiger partial charge in [0.05, 0.1) is 0 Å². The summed E-state index contributed by atoms with van der Waals surface area (Å²) in [4.78, 5) is 0. The molecular formula is C7H13IN2S. The molecule has 0 bridgehead atoms. The van der Waals surface area contributed by atoms with Gasteiger partial charge in [-0.3, -0.25) is 0 Å². The fourth-order valence-corrected chi connectivity index (χ4v) is 2.68. The average Bonchev–Trinajstić information content (AvgIpc) is 1.85. The lowest BCUT2D eigenvalue weighted by Crippen LogP contribution is -2.41. The Kier molecular flexibility index (Phi) is 3.84. The van der Waals surface area contributed by atoms with Crippen LogP contribution in [0.4, 0.5) is 0 Å². The maximum atomic E-state index is 5.39. The van der Waals surface area contributed by atoms with Crippen molar-refractivity contribution >= 4 is 39.9 Å². The summed E-state index contributed by atoms with van der Waals surface area (Å²) >= 11 is 7.27. The minimum Gasteiger partial charge on any atom is -0.376 e. The van der Waals surface area contributed by atoms with E-state index in [0.717, 1.165) is 3.92 Å². The molecule has 0 aromatic rings. The third-order valence-corrected chi connectivity index (χ3v) is 3.21. The van der Waals surface area contributed by atoms with Crippen molar-refractivity contribution in [2.45, 2.75) is 35.6 Å². The van der Waals surface area contributed by atoms with Crippen LogP contribution in [-0.4, -0.2) is 15.1 Å². The van der Waals surface area contributed by atoms with Crippen LogP contribution in [0.25, 0.3) is 0 Å². The van der Waals surface area contributed by atoms with Crippen LogP contribution in [0.1, 0.15) is 25.7 Å². The van der Waals surface area contributed by atoms with E-state index in [1.807, 2.05) is 0 Å². The van der Waals surface area contributed by atoms with E-state index in [1.54, 1.807) is 0 Å². The van der Waals surface area contributed by atoms with Gasteiger partial charge in [-0.2, -0.15) is 0 Å². The molecule has 64 valence electrons. The maximum absolute atomic E-state index is 5.39. The number of alkyl halides is 1. The van der Waals surface area contributed by atoms with Gasteiger partial charge in [-0.15, -0.1) is 0 Å². The molecule has 0 aromatic carbocycles. The Labute approximate surface area is 86.4 Å². The molecule has 1 rings (SSSR count). The van der Waals surface area contributed by atoms with Crippen LogP contribution < -0.4 is 11.1 Å². The van der Waals surface area contributed by atoms with Gasteiger partial charge in [-0.25, -0.2) is 0 Å². The SMILES string of the molecule is NC(=S)NC1CCCC(I)C1. The summed E-state index contributed by atoms with van der Waals surface area (Å²) in [5.74, 6) is 0. The third-order valence-electron chi connectivity index (χ3n) is 1.96. The molecule has 0 spiro atoms. The van der Waals surface area contributed by atoms with Gasteiger partial charge in [-0.1, -0.05) is 29.0 Å². The lowest BCUT2D eigenvalue weighted by atomic mass is 9.96. The van der Waals surface area contributed by atoms with E-state index < -0.39 is 0 Å². The third kappa shape index (κ3) is 3.55. The number of thiocarbonyl (C=S) groups is 1. The molecule has 11 heavy (non-hydrogen) atoms. The zero-order valence-corrected chi connectivity index (χ0v) is 9.32. The molecule has 4 heteroatoms. The zero-order valence-electron chi connectivity index (χ0n) is 6.35. The molecule has 0 aromatic heterocycles. The average molecular weight is 284 g/mol. The molecule has 0 saturated heterocycles. The van der Waals surface area contributed by atoms with Crippen LogP contribution in [0.15, 0.2) is 0 Å². The maximum Gasteiger partial charge on any atom is 0.163 e. The van der Waals surface area contributed by atoms with Gasteiger partial charge in [-0.05, 0) is 31.5 Å². The van der Waals surface area contributed by atoms with Crippen molar-refractivity contribution in [3.63, 3.8) is 0 Å². The van der Waals surface area contributed by atoms with Crippen molar-refractivity contribution in [1.82, 2.24) is 5.32 Å². The summed E-state index contributed by atoms with van der Waals surface area (Å²) in [7, 11) is 0. The van der Waals surface area contributed by atoms with Crippen LogP contribution in [0.5, 0.6) is 0 Å². The van der Waals surface area contributed by atoms with Crippen molar-refractivity contribution in [3.8, 4) is 0 Å². The minimum atomic E-state index is 0.445. The summed E-state index contributed by atoms with van der Waals surface area (Å²) in [6.07, 6.45) is 5.07. The van der Waals surface area contributed by atoms with E-state index in [4.69, 9.17) is 18.0 Å². The first-order chi connectivity index (χ1) is 5.18. The first-order valence-corrected chi connectivity index (χ1v) is 5.54. The van der Waals surface area contributed by atoms with E-state index in [1.165, 1.54) is 25.7 Å². The van der Waals surface area contributed by atoms with Gasteiger partial charge in [0.15, 0.2) is 5.11 Å². The van der Waals surface area contributed by atoms with Gasteiger partial charge in [0, 0.05) is 9.97 Å². The normalized spacial score (nSPS) is 31.4. The minimum absolute atomic E-state index is 0.445. The monoisotopic (exact) mass is 284 g/mol. The van der Waals surface area contributed by atoms with Gasteiger partial charge < -0.3 is 11.1 Å². The molecule has 2 nitrogen and oxygen atoms in total. The molecule has 0 heterocycles. The fraction of sp³-hybridized carbons (Fsp3) is 0.857. The molecule has 0 amide bonds. The summed E-state index contributed by atoms with van der Waals surface area (Å²) < 4.78 is 0.799. The number of rotatable bonds is 1. The largest absolute Gasteiger partial charge is 0.376 e. The van der Waals surface area contributed by atoms with E-state index in [9.17, 15) is 0 Å². The molecule has 0 aliphatic heterocycles. The quantitative estimate of drug-likeness (QED) is 0.436. The molecule has 1 fully saturated rings. The number of halogens is 1. The lowest BCUT2D eigenvalue weighted by molar-refractivity contribution is 0.431. The highest BCUT2D eigenvalue weighted by atomic mass is 127. The Bertz CT molecular complexity index is 151. The highest BCUT2D eigenvalue weighted by Crippen LogP contribution is 2.24. The fourth-order valence-electron chi connectivity index (χ4n) is 1.46. The number of nitrogens with two attached hydrogens (primary N) is 1. The molecule has 1 aliphatic rings. The van der Waals surface area contributed by atoms with E-state index >= 15 is 0 Å². The summed E-state index contributed by atoms with van der Waals surface area (Å²) in [6, 6.07) is 0.531. The summed E-state index contributed by atoms with van der Waals surface area (Å²) in [5.41, 5.74) is 5.39. The van der Waals surface area contributed by atoms with E-state index in [2.05, 4.69) is 27.9 Å². The van der Waals surface area contributed by atoms with Crippen molar-refractivity contribution in [2.75, 3.05) is 0 Å². The molecule has 1 aliphatic carbocycles. The van der Waals surface area contributed by atoms with E-state index in [-0.39, 0.29) is 0 Å². The predicted molar refractivity (Wildman–Crippen MR) is 60.0 cm³/mol. The number of hydrogen-bond acceptors (Lipinski definition) is 1. The van der Waals surface area contributed by atoms with Crippen LogP contribution in [0, 0.1) is 0 Å². The standard InChI is InChI=1S/C7H13IN2S/c8-5-2-1-3-6(4-5)10-7(9)11/h5-6H,1-4H2,(H3,9,10,11). The Balaban J connectivity index is 2.28. The molecule has 2 unspecified atom stereocenters. The Hall–Kier alpha value is 0.420. The molecular weight excluding hydrogens is 271 g/mol. The topological polar surface area (TPSA) is 38.0 Å². The van der Waals surface area contributed by atoms with Gasteiger partial charge in [0.2, 0.25) is 0 Å². The molecule has 1 saturated carbocycles. The van der Waals surface area contributed by atoms with E-state index in [0.29, 0.717) is 11.2 Å². The highest BCUT2D eigenvalue weighted by molar-refractivity contribution is 14.1. The van der Waals surface area contributed by atoms with Gasteiger partial charge in [0.1, 0.15) is 0 Å². The number of hydrogen-bond donors (Lipinski definition) is 2.